The molecule has 0 bridgehead atoms. The molecule has 0 spiro atoms. The molecule has 0 N–H and O–H groups in total. The fraction of sp³-hybridized carbons (Fsp3) is 0. The number of hydrogen-bond donors (Lipinski definition) is 0. The van der Waals surface area contributed by atoms with E-state index in [-0.39, 0.29) is 0 Å². The molecule has 9 rings (SSSR count). The molecule has 1 aliphatic rings. The van der Waals surface area contributed by atoms with Gasteiger partial charge in [-0.05, 0) is 79.5 Å². The van der Waals surface area contributed by atoms with Gasteiger partial charge in [0.15, 0.2) is 0 Å². The molecule has 1 nitrogen and oxygen atoms in total. The van der Waals surface area contributed by atoms with Crippen molar-refractivity contribution in [2.45, 2.75) is 9.79 Å². The van der Waals surface area contributed by atoms with E-state index in [2.05, 4.69) is 146 Å². The Labute approximate surface area is 248 Å². The molecule has 8 aromatic rings. The molecule has 0 aliphatic carbocycles. The van der Waals surface area contributed by atoms with E-state index in [1.165, 1.54) is 64.4 Å². The van der Waals surface area contributed by atoms with Crippen LogP contribution in [-0.2, 0) is 0 Å². The molecule has 0 saturated carbocycles. The third-order valence-electron chi connectivity index (χ3n) is 8.52. The van der Waals surface area contributed by atoms with Gasteiger partial charge in [-0.2, -0.15) is 0 Å². The fourth-order valence-electron chi connectivity index (χ4n) is 6.56. The van der Waals surface area contributed by atoms with E-state index in [0.717, 1.165) is 22.6 Å². The van der Waals surface area contributed by atoms with Gasteiger partial charge in [-0.3, -0.25) is 0 Å². The van der Waals surface area contributed by atoms with Crippen LogP contribution in [-0.4, -0.2) is 0 Å². The predicted molar refractivity (Wildman–Crippen MR) is 177 cm³/mol. The minimum absolute atomic E-state index is 0.873. The summed E-state index contributed by atoms with van der Waals surface area (Å²) >= 11 is 1.85. The van der Waals surface area contributed by atoms with Gasteiger partial charge < -0.3 is 4.42 Å². The van der Waals surface area contributed by atoms with Crippen molar-refractivity contribution in [3.63, 3.8) is 0 Å². The summed E-state index contributed by atoms with van der Waals surface area (Å²) in [6.07, 6.45) is 0. The van der Waals surface area contributed by atoms with Gasteiger partial charge >= 0.3 is 0 Å². The van der Waals surface area contributed by atoms with E-state index in [1.807, 2.05) is 11.8 Å². The zero-order valence-electron chi connectivity index (χ0n) is 22.7. The molecule has 2 heterocycles. The normalized spacial score (nSPS) is 12.2. The molecule has 1 aliphatic heterocycles. The molecule has 42 heavy (non-hydrogen) atoms. The zero-order valence-corrected chi connectivity index (χ0v) is 23.5. The molecule has 2 heteroatoms. The van der Waals surface area contributed by atoms with E-state index < -0.39 is 0 Å². The van der Waals surface area contributed by atoms with E-state index in [0.29, 0.717) is 0 Å². The highest BCUT2D eigenvalue weighted by Gasteiger charge is 2.20. The Bertz CT molecular complexity index is 2340. The van der Waals surface area contributed by atoms with Gasteiger partial charge in [0, 0.05) is 26.3 Å². The van der Waals surface area contributed by atoms with Crippen molar-refractivity contribution in [3.05, 3.63) is 146 Å². The average Bonchev–Trinajstić information content (AvgIpc) is 3.55. The van der Waals surface area contributed by atoms with Crippen LogP contribution in [0.1, 0.15) is 0 Å². The van der Waals surface area contributed by atoms with Crippen molar-refractivity contribution in [3.8, 4) is 44.9 Å². The van der Waals surface area contributed by atoms with Crippen molar-refractivity contribution >= 4 is 44.1 Å². The molecule has 0 radical (unpaired) electrons. The number of fused-ring (bicyclic) bond motifs is 5. The van der Waals surface area contributed by atoms with Gasteiger partial charge in [0.2, 0.25) is 0 Å². The van der Waals surface area contributed by atoms with Crippen LogP contribution in [0, 0.1) is 0 Å². The van der Waals surface area contributed by atoms with Crippen LogP contribution in [0.2, 0.25) is 0 Å². The quantitative estimate of drug-likeness (QED) is 0.202. The summed E-state index contributed by atoms with van der Waals surface area (Å²) in [5, 5.41) is 7.67. The van der Waals surface area contributed by atoms with Gasteiger partial charge in [0.05, 0.1) is 0 Å². The summed E-state index contributed by atoms with van der Waals surface area (Å²) in [6.45, 7) is 0. The second-order valence-electron chi connectivity index (χ2n) is 10.9. The largest absolute Gasteiger partial charge is 0.456 e. The summed E-state index contributed by atoms with van der Waals surface area (Å²) in [5.74, 6) is 1.75. The minimum Gasteiger partial charge on any atom is -0.456 e. The third-order valence-corrected chi connectivity index (χ3v) is 9.65. The summed E-state index contributed by atoms with van der Waals surface area (Å²) in [4.78, 5) is 2.60. The van der Waals surface area contributed by atoms with Crippen LogP contribution < -0.4 is 0 Å². The van der Waals surface area contributed by atoms with Crippen LogP contribution in [0.4, 0.5) is 0 Å². The predicted octanol–water partition coefficient (Wildman–Crippen LogP) is 11.9. The summed E-state index contributed by atoms with van der Waals surface area (Å²) in [5.41, 5.74) is 7.12. The lowest BCUT2D eigenvalue weighted by atomic mass is 9.92. The topological polar surface area (TPSA) is 13.1 Å². The SMILES string of the molecule is c1ccc(-c2cccc3c2ccc2ccccc23)c(-c2ccc(-c3ccc4c(c3)-c3cccc5cccc(c35)S4)o2)c1. The van der Waals surface area contributed by atoms with Gasteiger partial charge in [-0.1, -0.05) is 127 Å². The van der Waals surface area contributed by atoms with Gasteiger partial charge in [0.1, 0.15) is 11.5 Å². The molecule has 7 aromatic carbocycles. The smallest absolute Gasteiger partial charge is 0.135 e. The Balaban J connectivity index is 1.16. The van der Waals surface area contributed by atoms with Crippen LogP contribution in [0.25, 0.3) is 77.2 Å². The molecule has 196 valence electrons. The minimum atomic E-state index is 0.873. The third kappa shape index (κ3) is 3.59. The molecule has 0 atom stereocenters. The summed E-state index contributed by atoms with van der Waals surface area (Å²) in [7, 11) is 0. The van der Waals surface area contributed by atoms with Crippen molar-refractivity contribution in [1.82, 2.24) is 0 Å². The van der Waals surface area contributed by atoms with E-state index in [9.17, 15) is 0 Å². The Morgan fingerprint density at radius 3 is 2.05 bits per heavy atom. The lowest BCUT2D eigenvalue weighted by Crippen LogP contribution is -1.93. The van der Waals surface area contributed by atoms with Crippen LogP contribution in [0.15, 0.2) is 160 Å². The Morgan fingerprint density at radius 1 is 0.381 bits per heavy atom. The number of rotatable bonds is 3. The van der Waals surface area contributed by atoms with Gasteiger partial charge in [-0.25, -0.2) is 0 Å². The monoisotopic (exact) mass is 552 g/mol. The number of benzene rings is 7. The lowest BCUT2D eigenvalue weighted by Gasteiger charge is -2.20. The van der Waals surface area contributed by atoms with Crippen molar-refractivity contribution in [1.29, 1.82) is 0 Å². The van der Waals surface area contributed by atoms with E-state index >= 15 is 0 Å². The average molecular weight is 553 g/mol. The first kappa shape index (κ1) is 23.6. The van der Waals surface area contributed by atoms with E-state index in [4.69, 9.17) is 4.42 Å². The highest BCUT2D eigenvalue weighted by Crippen LogP contribution is 2.49. The maximum atomic E-state index is 6.63. The molecule has 1 aromatic heterocycles. The maximum absolute atomic E-state index is 6.63. The Kier molecular flexibility index (Phi) is 5.20. The highest BCUT2D eigenvalue weighted by molar-refractivity contribution is 7.99. The van der Waals surface area contributed by atoms with Crippen molar-refractivity contribution in [2.24, 2.45) is 0 Å². The lowest BCUT2D eigenvalue weighted by molar-refractivity contribution is 0.597. The standard InChI is InChI=1S/C40H24OS/c1-2-11-28-25(8-1)18-20-32-29(28)14-7-15-30(32)31-12-3-4-13-33(31)37-22-21-36(41-37)27-19-23-38-35(24-27)34-16-5-9-26-10-6-17-39(42-38)40(26)34/h1-24H. The van der Waals surface area contributed by atoms with E-state index in [1.54, 1.807) is 0 Å². The first-order chi connectivity index (χ1) is 20.8. The molecular formula is C40H24OS. The second-order valence-corrected chi connectivity index (χ2v) is 12.0. The first-order valence-corrected chi connectivity index (χ1v) is 15.1. The second kappa shape index (κ2) is 9.24. The van der Waals surface area contributed by atoms with Crippen molar-refractivity contribution < 1.29 is 4.42 Å². The fourth-order valence-corrected chi connectivity index (χ4v) is 7.69. The molecule has 0 amide bonds. The Hall–Kier alpha value is -5.05. The number of furan rings is 1. The van der Waals surface area contributed by atoms with Crippen LogP contribution in [0.3, 0.4) is 0 Å². The Morgan fingerprint density at radius 2 is 1.10 bits per heavy atom. The zero-order chi connectivity index (χ0) is 27.6. The van der Waals surface area contributed by atoms with Gasteiger partial charge in [0.25, 0.3) is 0 Å². The van der Waals surface area contributed by atoms with Gasteiger partial charge in [-0.15, -0.1) is 0 Å². The summed E-state index contributed by atoms with van der Waals surface area (Å²) < 4.78 is 6.63. The number of hydrogen-bond acceptors (Lipinski definition) is 2. The molecule has 0 unspecified atom stereocenters. The highest BCUT2D eigenvalue weighted by atomic mass is 32.2. The van der Waals surface area contributed by atoms with Crippen LogP contribution >= 0.6 is 11.8 Å². The van der Waals surface area contributed by atoms with Crippen molar-refractivity contribution in [2.75, 3.05) is 0 Å². The van der Waals surface area contributed by atoms with Crippen LogP contribution in [0.5, 0.6) is 0 Å². The first-order valence-electron chi connectivity index (χ1n) is 14.3. The molecule has 0 fully saturated rings. The molecule has 0 saturated heterocycles. The summed E-state index contributed by atoms with van der Waals surface area (Å²) in [6, 6.07) is 52.4. The maximum Gasteiger partial charge on any atom is 0.135 e. The molecular weight excluding hydrogens is 529 g/mol.